The average Bonchev–Trinajstić information content (AvgIpc) is 2.72. The third-order valence-electron chi connectivity index (χ3n) is 2.81. The maximum atomic E-state index is 10.6. The van der Waals surface area contributed by atoms with Crippen LogP contribution >= 0.6 is 0 Å². The first kappa shape index (κ1) is 12.4. The van der Waals surface area contributed by atoms with Gasteiger partial charge in [0.1, 0.15) is 12.5 Å². The zero-order valence-electron chi connectivity index (χ0n) is 9.67. The predicted octanol–water partition coefficient (Wildman–Crippen LogP) is 0.134. The van der Waals surface area contributed by atoms with E-state index in [1.165, 1.54) is 0 Å². The molecule has 2 heterocycles. The standard InChI is InChI=1S/C11H13N3O4/c12-6-8-11(14-3-1-7(15)2-4-14)18-9(13-8)5-10(16)17/h7,15H,1-5H2,(H,16,17). The lowest BCUT2D eigenvalue weighted by atomic mass is 10.1. The molecule has 96 valence electrons. The van der Waals surface area contributed by atoms with Crippen molar-refractivity contribution in [2.75, 3.05) is 18.0 Å². The number of hydrogen-bond donors (Lipinski definition) is 2. The highest BCUT2D eigenvalue weighted by Gasteiger charge is 2.24. The van der Waals surface area contributed by atoms with E-state index < -0.39 is 5.97 Å². The first-order valence-corrected chi connectivity index (χ1v) is 5.64. The van der Waals surface area contributed by atoms with Gasteiger partial charge in [-0.3, -0.25) is 4.79 Å². The van der Waals surface area contributed by atoms with Crippen LogP contribution in [0.3, 0.4) is 0 Å². The van der Waals surface area contributed by atoms with E-state index in [0.717, 1.165) is 0 Å². The van der Waals surface area contributed by atoms with Crippen molar-refractivity contribution in [2.24, 2.45) is 0 Å². The molecule has 1 aromatic rings. The third-order valence-corrected chi connectivity index (χ3v) is 2.81. The highest BCUT2D eigenvalue weighted by molar-refractivity contribution is 5.69. The second-order valence-electron chi connectivity index (χ2n) is 4.16. The lowest BCUT2D eigenvalue weighted by Gasteiger charge is -2.28. The summed E-state index contributed by atoms with van der Waals surface area (Å²) in [6.45, 7) is 1.13. The van der Waals surface area contributed by atoms with Crippen molar-refractivity contribution in [1.82, 2.24) is 4.98 Å². The van der Waals surface area contributed by atoms with Gasteiger partial charge in [0.2, 0.25) is 17.5 Å². The summed E-state index contributed by atoms with van der Waals surface area (Å²) >= 11 is 0. The summed E-state index contributed by atoms with van der Waals surface area (Å²) in [4.78, 5) is 16.2. The molecule has 0 saturated carbocycles. The van der Waals surface area contributed by atoms with E-state index in [-0.39, 0.29) is 24.1 Å². The Kier molecular flexibility index (Phi) is 3.48. The molecule has 0 aliphatic carbocycles. The van der Waals surface area contributed by atoms with Crippen LogP contribution < -0.4 is 4.90 Å². The Morgan fingerprint density at radius 3 is 2.78 bits per heavy atom. The van der Waals surface area contributed by atoms with Crippen LogP contribution in [-0.4, -0.2) is 40.4 Å². The van der Waals surface area contributed by atoms with Crippen LogP contribution in [-0.2, 0) is 11.2 Å². The first-order valence-electron chi connectivity index (χ1n) is 5.64. The van der Waals surface area contributed by atoms with E-state index in [2.05, 4.69) is 4.98 Å². The van der Waals surface area contributed by atoms with Gasteiger partial charge in [-0.05, 0) is 12.8 Å². The Morgan fingerprint density at radius 1 is 1.56 bits per heavy atom. The van der Waals surface area contributed by atoms with Gasteiger partial charge in [-0.15, -0.1) is 0 Å². The molecule has 0 bridgehead atoms. The molecule has 0 amide bonds. The van der Waals surface area contributed by atoms with Gasteiger partial charge in [-0.25, -0.2) is 0 Å². The summed E-state index contributed by atoms with van der Waals surface area (Å²) in [5.74, 6) is -0.720. The second kappa shape index (κ2) is 5.06. The number of carbonyl (C=O) groups is 1. The van der Waals surface area contributed by atoms with E-state index in [9.17, 15) is 9.90 Å². The molecular formula is C11H13N3O4. The number of nitriles is 1. The minimum Gasteiger partial charge on any atom is -0.481 e. The second-order valence-corrected chi connectivity index (χ2v) is 4.16. The Morgan fingerprint density at radius 2 is 2.22 bits per heavy atom. The number of nitrogens with zero attached hydrogens (tertiary/aromatic N) is 3. The summed E-state index contributed by atoms with van der Waals surface area (Å²) in [5.41, 5.74) is 0.0997. The fraction of sp³-hybridized carbons (Fsp3) is 0.545. The lowest BCUT2D eigenvalue weighted by Crippen LogP contribution is -2.35. The number of carboxylic acids is 1. The van der Waals surface area contributed by atoms with Crippen LogP contribution in [0.5, 0.6) is 0 Å². The smallest absolute Gasteiger partial charge is 0.312 e. The van der Waals surface area contributed by atoms with Gasteiger partial charge in [0.15, 0.2) is 0 Å². The average molecular weight is 251 g/mol. The molecule has 7 nitrogen and oxygen atoms in total. The fourth-order valence-corrected chi connectivity index (χ4v) is 1.92. The monoisotopic (exact) mass is 251 g/mol. The van der Waals surface area contributed by atoms with Gasteiger partial charge < -0.3 is 19.5 Å². The molecular weight excluding hydrogens is 238 g/mol. The van der Waals surface area contributed by atoms with Crippen LogP contribution in [0.2, 0.25) is 0 Å². The Labute approximate surface area is 103 Å². The SMILES string of the molecule is N#Cc1nc(CC(=O)O)oc1N1CCC(O)CC1. The number of aromatic nitrogens is 1. The highest BCUT2D eigenvalue weighted by atomic mass is 16.4. The van der Waals surface area contributed by atoms with E-state index in [0.29, 0.717) is 31.8 Å². The number of piperidine rings is 1. The molecule has 0 atom stereocenters. The van der Waals surface area contributed by atoms with E-state index in [4.69, 9.17) is 14.8 Å². The van der Waals surface area contributed by atoms with Crippen molar-refractivity contribution in [3.63, 3.8) is 0 Å². The Hall–Kier alpha value is -2.07. The molecule has 0 spiro atoms. The van der Waals surface area contributed by atoms with Gasteiger partial charge >= 0.3 is 5.97 Å². The number of anilines is 1. The quantitative estimate of drug-likeness (QED) is 0.785. The molecule has 2 N–H and O–H groups in total. The van der Waals surface area contributed by atoms with E-state index in [1.807, 2.05) is 11.0 Å². The Balaban J connectivity index is 2.19. The number of hydrogen-bond acceptors (Lipinski definition) is 6. The van der Waals surface area contributed by atoms with Crippen molar-refractivity contribution >= 4 is 11.9 Å². The minimum absolute atomic E-state index is 0.0279. The maximum Gasteiger partial charge on any atom is 0.312 e. The molecule has 1 fully saturated rings. The molecule has 0 radical (unpaired) electrons. The third kappa shape index (κ3) is 2.60. The zero-order valence-corrected chi connectivity index (χ0v) is 9.67. The summed E-state index contributed by atoms with van der Waals surface area (Å²) in [5, 5.41) is 27.0. The molecule has 7 heteroatoms. The molecule has 1 aliphatic rings. The molecule has 0 unspecified atom stereocenters. The summed E-state index contributed by atoms with van der Waals surface area (Å²) < 4.78 is 5.32. The van der Waals surface area contributed by atoms with Crippen LogP contribution in [0.1, 0.15) is 24.4 Å². The summed E-state index contributed by atoms with van der Waals surface area (Å²) in [6, 6.07) is 1.90. The minimum atomic E-state index is -1.05. The maximum absolute atomic E-state index is 10.6. The van der Waals surface area contributed by atoms with Crippen LogP contribution in [0.25, 0.3) is 0 Å². The summed E-state index contributed by atoms with van der Waals surface area (Å²) in [7, 11) is 0. The molecule has 2 rings (SSSR count). The van der Waals surface area contributed by atoms with Crippen molar-refractivity contribution in [1.29, 1.82) is 5.26 Å². The van der Waals surface area contributed by atoms with Gasteiger partial charge in [0.05, 0.1) is 6.10 Å². The largest absolute Gasteiger partial charge is 0.481 e. The van der Waals surface area contributed by atoms with Crippen LogP contribution in [0.4, 0.5) is 5.88 Å². The van der Waals surface area contributed by atoms with Crippen molar-refractivity contribution in [3.8, 4) is 6.07 Å². The van der Waals surface area contributed by atoms with Crippen molar-refractivity contribution in [3.05, 3.63) is 11.6 Å². The Bertz CT molecular complexity index is 483. The van der Waals surface area contributed by atoms with Crippen LogP contribution in [0.15, 0.2) is 4.42 Å². The van der Waals surface area contributed by atoms with Crippen molar-refractivity contribution < 1.29 is 19.4 Å². The number of aliphatic hydroxyl groups is 1. The van der Waals surface area contributed by atoms with Gasteiger partial charge in [-0.2, -0.15) is 10.2 Å². The molecule has 1 aromatic heterocycles. The first-order chi connectivity index (χ1) is 8.60. The number of carboxylic acid groups (broad SMARTS) is 1. The molecule has 1 aliphatic heterocycles. The van der Waals surface area contributed by atoms with Gasteiger partial charge in [0.25, 0.3) is 0 Å². The predicted molar refractivity (Wildman–Crippen MR) is 60.0 cm³/mol. The van der Waals surface area contributed by atoms with Gasteiger partial charge in [-0.1, -0.05) is 0 Å². The lowest BCUT2D eigenvalue weighted by molar-refractivity contribution is -0.136. The van der Waals surface area contributed by atoms with Crippen LogP contribution in [0, 0.1) is 11.3 Å². The van der Waals surface area contributed by atoms with E-state index >= 15 is 0 Å². The number of rotatable bonds is 3. The normalized spacial score (nSPS) is 16.6. The summed E-state index contributed by atoms with van der Waals surface area (Å²) in [6.07, 6.45) is 0.526. The van der Waals surface area contributed by atoms with E-state index in [1.54, 1.807) is 0 Å². The number of aliphatic carboxylic acids is 1. The topological polar surface area (TPSA) is 111 Å². The van der Waals surface area contributed by atoms with Gasteiger partial charge in [0, 0.05) is 13.1 Å². The molecule has 1 saturated heterocycles. The fourth-order valence-electron chi connectivity index (χ4n) is 1.92. The van der Waals surface area contributed by atoms with Crippen molar-refractivity contribution in [2.45, 2.75) is 25.4 Å². The highest BCUT2D eigenvalue weighted by Crippen LogP contribution is 2.25. The molecule has 18 heavy (non-hydrogen) atoms. The number of oxazole rings is 1. The zero-order chi connectivity index (χ0) is 13.1. The number of aliphatic hydroxyl groups excluding tert-OH is 1. The molecule has 0 aromatic carbocycles.